The van der Waals surface area contributed by atoms with E-state index < -0.39 is 11.7 Å². The number of hydrogen-bond acceptors (Lipinski definition) is 5. The summed E-state index contributed by atoms with van der Waals surface area (Å²) in [6, 6.07) is 4.78. The Hall–Kier alpha value is -2.68. The minimum absolute atomic E-state index is 0.0360. The van der Waals surface area contributed by atoms with Crippen LogP contribution >= 0.6 is 0 Å². The predicted molar refractivity (Wildman–Crippen MR) is 107 cm³/mol. The molecule has 3 aromatic rings. The molecule has 1 saturated heterocycles. The van der Waals surface area contributed by atoms with E-state index in [0.29, 0.717) is 11.5 Å². The van der Waals surface area contributed by atoms with E-state index in [-0.39, 0.29) is 23.2 Å². The Bertz CT molecular complexity index is 1070. The highest BCUT2D eigenvalue weighted by atomic mass is 19.4. The Kier molecular flexibility index (Phi) is 4.65. The SMILES string of the molecule is CN1CCCC(Nc2nnc(-c3ccc(C4CC4)cc3C(F)(F)F)c3cncn23)C1. The summed E-state index contributed by atoms with van der Waals surface area (Å²) in [6.45, 7) is 1.93. The number of nitrogens with zero attached hydrogens (tertiary/aromatic N) is 5. The molecule has 6 nitrogen and oxygen atoms in total. The summed E-state index contributed by atoms with van der Waals surface area (Å²) in [7, 11) is 2.07. The summed E-state index contributed by atoms with van der Waals surface area (Å²) >= 11 is 0. The number of aromatic nitrogens is 4. The first-order valence-corrected chi connectivity index (χ1v) is 10.3. The van der Waals surface area contributed by atoms with Crippen LogP contribution in [0.3, 0.4) is 0 Å². The molecule has 158 valence electrons. The maximum absolute atomic E-state index is 13.9. The van der Waals surface area contributed by atoms with E-state index in [1.54, 1.807) is 16.8 Å². The minimum atomic E-state index is -4.47. The zero-order valence-electron chi connectivity index (χ0n) is 16.7. The fourth-order valence-electron chi connectivity index (χ4n) is 4.27. The normalized spacial score (nSPS) is 20.6. The number of fused-ring (bicyclic) bond motifs is 1. The van der Waals surface area contributed by atoms with Crippen molar-refractivity contribution in [3.8, 4) is 11.3 Å². The second kappa shape index (κ2) is 7.23. The van der Waals surface area contributed by atoms with Gasteiger partial charge in [-0.2, -0.15) is 13.2 Å². The van der Waals surface area contributed by atoms with Gasteiger partial charge in [-0.25, -0.2) is 4.98 Å². The molecule has 1 atom stereocenters. The van der Waals surface area contributed by atoms with Gasteiger partial charge in [0.15, 0.2) is 0 Å². The van der Waals surface area contributed by atoms with E-state index in [2.05, 4.69) is 32.4 Å². The van der Waals surface area contributed by atoms with Crippen molar-refractivity contribution >= 4 is 11.5 Å². The summed E-state index contributed by atoms with van der Waals surface area (Å²) in [5.74, 6) is 0.733. The minimum Gasteiger partial charge on any atom is -0.350 e. The van der Waals surface area contributed by atoms with Gasteiger partial charge in [0.1, 0.15) is 12.0 Å². The lowest BCUT2D eigenvalue weighted by atomic mass is 9.98. The molecule has 0 radical (unpaired) electrons. The van der Waals surface area contributed by atoms with Gasteiger partial charge in [0.25, 0.3) is 0 Å². The van der Waals surface area contributed by atoms with Crippen molar-refractivity contribution in [3.05, 3.63) is 41.9 Å². The van der Waals surface area contributed by atoms with Crippen LogP contribution in [0.15, 0.2) is 30.7 Å². The van der Waals surface area contributed by atoms with E-state index in [9.17, 15) is 13.2 Å². The Morgan fingerprint density at radius 3 is 2.70 bits per heavy atom. The summed E-state index contributed by atoms with van der Waals surface area (Å²) < 4.78 is 43.3. The van der Waals surface area contributed by atoms with Crippen molar-refractivity contribution in [1.82, 2.24) is 24.5 Å². The van der Waals surface area contributed by atoms with Crippen molar-refractivity contribution in [2.75, 3.05) is 25.5 Å². The van der Waals surface area contributed by atoms with Gasteiger partial charge in [0.2, 0.25) is 5.95 Å². The molecule has 9 heteroatoms. The second-order valence-electron chi connectivity index (χ2n) is 8.34. The maximum atomic E-state index is 13.9. The van der Waals surface area contributed by atoms with Crippen LogP contribution in [-0.2, 0) is 6.18 Å². The van der Waals surface area contributed by atoms with Crippen LogP contribution in [0.25, 0.3) is 16.8 Å². The first-order chi connectivity index (χ1) is 14.4. The molecule has 1 aliphatic heterocycles. The van der Waals surface area contributed by atoms with Crippen LogP contribution in [0.4, 0.5) is 19.1 Å². The molecule has 0 spiro atoms. The molecule has 2 aromatic heterocycles. The molecule has 1 N–H and O–H groups in total. The first kappa shape index (κ1) is 19.3. The van der Waals surface area contributed by atoms with Crippen molar-refractivity contribution in [2.45, 2.75) is 43.8 Å². The van der Waals surface area contributed by atoms with Crippen molar-refractivity contribution in [1.29, 1.82) is 0 Å². The Balaban J connectivity index is 1.55. The third-order valence-electron chi connectivity index (χ3n) is 5.96. The molecule has 0 amide bonds. The van der Waals surface area contributed by atoms with E-state index in [0.717, 1.165) is 44.3 Å². The fourth-order valence-corrected chi connectivity index (χ4v) is 4.27. The lowest BCUT2D eigenvalue weighted by molar-refractivity contribution is -0.137. The number of anilines is 1. The molecule has 5 rings (SSSR count). The Labute approximate surface area is 172 Å². The molecular weight excluding hydrogens is 393 g/mol. The third-order valence-corrected chi connectivity index (χ3v) is 5.96. The molecule has 1 aromatic carbocycles. The Morgan fingerprint density at radius 1 is 1.13 bits per heavy atom. The van der Waals surface area contributed by atoms with Crippen molar-refractivity contribution < 1.29 is 13.2 Å². The van der Waals surface area contributed by atoms with Crippen molar-refractivity contribution in [2.24, 2.45) is 0 Å². The number of likely N-dealkylation sites (tertiary alicyclic amines) is 1. The molecule has 1 unspecified atom stereocenters. The standard InChI is InChI=1S/C21H23F3N6/c1-29-8-2-3-15(11-29)26-20-28-27-19(18-10-25-12-30(18)20)16-7-6-14(13-4-5-13)9-17(16)21(22,23)24/h6-7,9-10,12-13,15H,2-5,8,11H2,1H3,(H,26,28). The average molecular weight is 416 g/mol. The number of halogens is 3. The van der Waals surface area contributed by atoms with Crippen molar-refractivity contribution in [3.63, 3.8) is 0 Å². The van der Waals surface area contributed by atoms with Gasteiger partial charge in [0.05, 0.1) is 17.3 Å². The molecule has 3 heterocycles. The number of hydrogen-bond donors (Lipinski definition) is 1. The molecule has 2 aliphatic rings. The molecule has 0 bridgehead atoms. The second-order valence-corrected chi connectivity index (χ2v) is 8.34. The van der Waals surface area contributed by atoms with Gasteiger partial charge < -0.3 is 10.2 Å². The maximum Gasteiger partial charge on any atom is 0.417 e. The van der Waals surface area contributed by atoms with Crippen LogP contribution < -0.4 is 5.32 Å². The third kappa shape index (κ3) is 3.62. The zero-order valence-corrected chi connectivity index (χ0v) is 16.7. The number of imidazole rings is 1. The monoisotopic (exact) mass is 416 g/mol. The summed E-state index contributed by atoms with van der Waals surface area (Å²) in [5, 5.41) is 11.8. The number of likely N-dealkylation sites (N-methyl/N-ethyl adjacent to an activating group) is 1. The van der Waals surface area contributed by atoms with Gasteiger partial charge in [0, 0.05) is 18.2 Å². The smallest absolute Gasteiger partial charge is 0.350 e. The predicted octanol–water partition coefficient (Wildman–Crippen LogP) is 4.19. The lowest BCUT2D eigenvalue weighted by Crippen LogP contribution is -2.40. The van der Waals surface area contributed by atoms with Gasteiger partial charge >= 0.3 is 6.18 Å². The summed E-state index contributed by atoms with van der Waals surface area (Å²) in [6.07, 6.45) is 2.60. The van der Waals surface area contributed by atoms with E-state index in [1.165, 1.54) is 18.3 Å². The van der Waals surface area contributed by atoms with Gasteiger partial charge in [-0.1, -0.05) is 12.1 Å². The van der Waals surface area contributed by atoms with E-state index in [1.807, 2.05) is 0 Å². The molecular formula is C21H23F3N6. The molecule has 1 saturated carbocycles. The highest BCUT2D eigenvalue weighted by molar-refractivity contribution is 5.79. The summed E-state index contributed by atoms with van der Waals surface area (Å²) in [5.41, 5.74) is 0.797. The highest BCUT2D eigenvalue weighted by Crippen LogP contribution is 2.44. The van der Waals surface area contributed by atoms with Crippen LogP contribution in [0.5, 0.6) is 0 Å². The average Bonchev–Trinajstić information content (AvgIpc) is 3.43. The quantitative estimate of drug-likeness (QED) is 0.691. The van der Waals surface area contributed by atoms with Gasteiger partial charge in [-0.3, -0.25) is 4.40 Å². The first-order valence-electron chi connectivity index (χ1n) is 10.3. The Morgan fingerprint density at radius 2 is 1.97 bits per heavy atom. The summed E-state index contributed by atoms with van der Waals surface area (Å²) in [4.78, 5) is 6.40. The van der Waals surface area contributed by atoms with Crippen LogP contribution in [0, 0.1) is 0 Å². The van der Waals surface area contributed by atoms with Gasteiger partial charge in [-0.05, 0) is 56.8 Å². The lowest BCUT2D eigenvalue weighted by Gasteiger charge is -2.30. The number of piperidine rings is 1. The number of alkyl halides is 3. The molecule has 2 fully saturated rings. The largest absolute Gasteiger partial charge is 0.417 e. The highest BCUT2D eigenvalue weighted by Gasteiger charge is 2.36. The van der Waals surface area contributed by atoms with E-state index >= 15 is 0 Å². The number of rotatable bonds is 4. The molecule has 30 heavy (non-hydrogen) atoms. The zero-order chi connectivity index (χ0) is 20.9. The van der Waals surface area contributed by atoms with E-state index in [4.69, 9.17) is 0 Å². The number of nitrogens with one attached hydrogen (secondary N) is 1. The fraction of sp³-hybridized carbons (Fsp3) is 0.476. The van der Waals surface area contributed by atoms with Gasteiger partial charge in [-0.15, -0.1) is 10.2 Å². The number of benzene rings is 1. The van der Waals surface area contributed by atoms with Crippen LogP contribution in [0.2, 0.25) is 0 Å². The van der Waals surface area contributed by atoms with Crippen LogP contribution in [0.1, 0.15) is 42.7 Å². The van der Waals surface area contributed by atoms with Crippen LogP contribution in [-0.4, -0.2) is 50.7 Å². The topological polar surface area (TPSA) is 58.3 Å². The molecule has 1 aliphatic carbocycles.